The van der Waals surface area contributed by atoms with E-state index in [2.05, 4.69) is 0 Å². The number of carbonyl (C=O) groups is 2. The van der Waals surface area contributed by atoms with Crippen molar-refractivity contribution in [2.24, 2.45) is 28.2 Å². The minimum absolute atomic E-state index is 0. The van der Waals surface area contributed by atoms with Gasteiger partial charge in [-0.25, -0.2) is 0 Å². The third-order valence-electron chi connectivity index (χ3n) is 5.88. The molecule has 0 heterocycles. The van der Waals surface area contributed by atoms with Gasteiger partial charge in [0.05, 0.1) is 5.41 Å². The van der Waals surface area contributed by atoms with Crippen molar-refractivity contribution >= 4 is 24.2 Å². The van der Waals surface area contributed by atoms with Gasteiger partial charge in [0.2, 0.25) is 0 Å². The Bertz CT molecular complexity index is 400. The number of nitrogens with two attached hydrogens (primary N) is 2. The first-order valence-corrected chi connectivity index (χ1v) is 8.17. The molecule has 22 heavy (non-hydrogen) atoms. The predicted octanol–water partition coefficient (Wildman–Crippen LogP) is 2.11. The number of aliphatic carboxylic acids is 1. The van der Waals surface area contributed by atoms with Gasteiger partial charge in [-0.15, -0.1) is 12.4 Å². The zero-order chi connectivity index (χ0) is 15.5. The molecule has 0 bridgehead atoms. The van der Waals surface area contributed by atoms with Gasteiger partial charge in [0.15, 0.2) is 0 Å². The van der Waals surface area contributed by atoms with Crippen LogP contribution in [0.25, 0.3) is 0 Å². The third-order valence-corrected chi connectivity index (χ3v) is 5.88. The Morgan fingerprint density at radius 2 is 1.41 bits per heavy atom. The van der Waals surface area contributed by atoms with Crippen LogP contribution in [0.1, 0.15) is 57.8 Å². The summed E-state index contributed by atoms with van der Waals surface area (Å²) in [6.45, 7) is 0.592. The maximum Gasteiger partial charge on any atom is 0.310 e. The van der Waals surface area contributed by atoms with Gasteiger partial charge in [-0.05, 0) is 38.5 Å². The van der Waals surface area contributed by atoms with Gasteiger partial charge in [-0.2, -0.15) is 0 Å². The molecule has 0 aliphatic heterocycles. The molecule has 2 aliphatic rings. The summed E-state index contributed by atoms with van der Waals surface area (Å²) in [6, 6.07) is 0. The van der Waals surface area contributed by atoms with Crippen LogP contribution in [-0.2, 0) is 9.59 Å². The van der Waals surface area contributed by atoms with E-state index in [1.165, 1.54) is 6.42 Å². The molecule has 5 nitrogen and oxygen atoms in total. The summed E-state index contributed by atoms with van der Waals surface area (Å²) in [5.41, 5.74) is 10.4. The standard InChI is InChI=1S/C16H28N2O3.ClH/c17-10-15(6-2-1-3-7-15)13(19)12-4-8-16(11-18,9-5-12)14(20)21;/h12H,1-11,17-18H2,(H,20,21);1H/t12-,16-;. The highest BCUT2D eigenvalue weighted by Gasteiger charge is 2.46. The van der Waals surface area contributed by atoms with E-state index in [-0.39, 0.29) is 30.3 Å². The van der Waals surface area contributed by atoms with Gasteiger partial charge < -0.3 is 16.6 Å². The van der Waals surface area contributed by atoms with Crippen LogP contribution >= 0.6 is 12.4 Å². The summed E-state index contributed by atoms with van der Waals surface area (Å²) in [5.74, 6) is -0.548. The molecule has 0 aromatic rings. The van der Waals surface area contributed by atoms with Crippen LogP contribution in [0.2, 0.25) is 0 Å². The Kier molecular flexibility index (Phi) is 6.84. The maximum absolute atomic E-state index is 12.9. The Hall–Kier alpha value is -0.650. The van der Waals surface area contributed by atoms with Gasteiger partial charge in [-0.1, -0.05) is 19.3 Å². The van der Waals surface area contributed by atoms with E-state index in [0.29, 0.717) is 38.0 Å². The van der Waals surface area contributed by atoms with Gasteiger partial charge >= 0.3 is 5.97 Å². The second kappa shape index (κ2) is 7.75. The van der Waals surface area contributed by atoms with Crippen molar-refractivity contribution in [2.45, 2.75) is 57.8 Å². The fourth-order valence-electron chi connectivity index (χ4n) is 4.15. The van der Waals surface area contributed by atoms with E-state index >= 15 is 0 Å². The number of hydrogen-bond acceptors (Lipinski definition) is 4. The number of halogens is 1. The second-order valence-electron chi connectivity index (χ2n) is 6.97. The molecular formula is C16H29ClN2O3. The molecule has 0 unspecified atom stereocenters. The summed E-state index contributed by atoms with van der Waals surface area (Å²) in [5, 5.41) is 9.37. The van der Waals surface area contributed by atoms with Crippen LogP contribution in [-0.4, -0.2) is 29.9 Å². The van der Waals surface area contributed by atoms with Crippen LogP contribution in [0.4, 0.5) is 0 Å². The topological polar surface area (TPSA) is 106 Å². The highest BCUT2D eigenvalue weighted by molar-refractivity contribution is 5.88. The van der Waals surface area contributed by atoms with Crippen molar-refractivity contribution in [3.8, 4) is 0 Å². The zero-order valence-corrected chi connectivity index (χ0v) is 14.0. The first-order chi connectivity index (χ1) is 9.99. The van der Waals surface area contributed by atoms with E-state index in [0.717, 1.165) is 25.7 Å². The maximum atomic E-state index is 12.9. The number of carbonyl (C=O) groups excluding carboxylic acids is 1. The molecule has 0 spiro atoms. The molecule has 2 fully saturated rings. The summed E-state index contributed by atoms with van der Waals surface area (Å²) in [7, 11) is 0. The largest absolute Gasteiger partial charge is 0.481 e. The average Bonchev–Trinajstić information content (AvgIpc) is 2.54. The molecule has 128 valence electrons. The van der Waals surface area contributed by atoms with Crippen LogP contribution in [0.5, 0.6) is 0 Å². The van der Waals surface area contributed by atoms with Gasteiger partial charge in [-0.3, -0.25) is 9.59 Å². The lowest BCUT2D eigenvalue weighted by atomic mass is 9.62. The molecule has 2 saturated carbocycles. The molecule has 0 amide bonds. The number of Topliss-reactive ketones (excluding diaryl/α,β-unsaturated/α-hetero) is 1. The molecule has 0 aromatic heterocycles. The molecule has 5 N–H and O–H groups in total. The molecular weight excluding hydrogens is 304 g/mol. The summed E-state index contributed by atoms with van der Waals surface area (Å²) in [4.78, 5) is 24.3. The van der Waals surface area contributed by atoms with Crippen LogP contribution in [0.15, 0.2) is 0 Å². The molecule has 6 heteroatoms. The number of carboxylic acids is 1. The SMILES string of the molecule is Cl.NCC1(C(=O)[C@H]2CC[C@](CN)(C(=O)O)CC2)CCCCC1. The molecule has 0 aromatic carbocycles. The average molecular weight is 333 g/mol. The molecule has 2 rings (SSSR count). The lowest BCUT2D eigenvalue weighted by molar-refractivity contribution is -0.152. The Morgan fingerprint density at radius 3 is 1.82 bits per heavy atom. The number of ketones is 1. The number of carboxylic acid groups (broad SMARTS) is 1. The van der Waals surface area contributed by atoms with Crippen LogP contribution < -0.4 is 11.5 Å². The fraction of sp³-hybridized carbons (Fsp3) is 0.875. The fourth-order valence-corrected chi connectivity index (χ4v) is 4.15. The summed E-state index contributed by atoms with van der Waals surface area (Å²) >= 11 is 0. The summed E-state index contributed by atoms with van der Waals surface area (Å²) < 4.78 is 0. The van der Waals surface area contributed by atoms with Gasteiger partial charge in [0, 0.05) is 24.4 Å². The minimum atomic E-state index is -0.820. The van der Waals surface area contributed by atoms with E-state index in [9.17, 15) is 14.7 Å². The van der Waals surface area contributed by atoms with E-state index < -0.39 is 11.4 Å². The quantitative estimate of drug-likeness (QED) is 0.714. The smallest absolute Gasteiger partial charge is 0.310 e. The van der Waals surface area contributed by atoms with Crippen molar-refractivity contribution in [1.29, 1.82) is 0 Å². The van der Waals surface area contributed by atoms with Crippen molar-refractivity contribution in [3.63, 3.8) is 0 Å². The van der Waals surface area contributed by atoms with Crippen molar-refractivity contribution in [2.75, 3.05) is 13.1 Å². The lowest BCUT2D eigenvalue weighted by Gasteiger charge is -2.41. The van der Waals surface area contributed by atoms with Crippen molar-refractivity contribution < 1.29 is 14.7 Å². The highest BCUT2D eigenvalue weighted by Crippen LogP contribution is 2.44. The number of hydrogen-bond donors (Lipinski definition) is 3. The predicted molar refractivity (Wildman–Crippen MR) is 87.9 cm³/mol. The van der Waals surface area contributed by atoms with Crippen LogP contribution in [0, 0.1) is 16.7 Å². The second-order valence-corrected chi connectivity index (χ2v) is 6.97. The Morgan fingerprint density at radius 1 is 0.909 bits per heavy atom. The van der Waals surface area contributed by atoms with Crippen molar-refractivity contribution in [3.05, 3.63) is 0 Å². The number of rotatable bonds is 5. The van der Waals surface area contributed by atoms with Gasteiger partial charge in [0.25, 0.3) is 0 Å². The van der Waals surface area contributed by atoms with E-state index in [1.54, 1.807) is 0 Å². The van der Waals surface area contributed by atoms with E-state index in [4.69, 9.17) is 11.5 Å². The lowest BCUT2D eigenvalue weighted by Crippen LogP contribution is -2.47. The first kappa shape index (κ1) is 19.4. The minimum Gasteiger partial charge on any atom is -0.481 e. The Labute approximate surface area is 138 Å². The van der Waals surface area contributed by atoms with Crippen molar-refractivity contribution in [1.82, 2.24) is 0 Å². The highest BCUT2D eigenvalue weighted by atomic mass is 35.5. The first-order valence-electron chi connectivity index (χ1n) is 8.17. The monoisotopic (exact) mass is 332 g/mol. The summed E-state index contributed by atoms with van der Waals surface area (Å²) in [6.07, 6.45) is 7.46. The molecule has 0 radical (unpaired) electrons. The third kappa shape index (κ3) is 3.47. The molecule has 0 atom stereocenters. The van der Waals surface area contributed by atoms with Gasteiger partial charge in [0.1, 0.15) is 5.78 Å². The zero-order valence-electron chi connectivity index (χ0n) is 13.2. The molecule has 2 aliphatic carbocycles. The Balaban J connectivity index is 0.00000242. The van der Waals surface area contributed by atoms with E-state index in [1.807, 2.05) is 0 Å². The molecule has 0 saturated heterocycles. The van der Waals surface area contributed by atoms with Crippen LogP contribution in [0.3, 0.4) is 0 Å². The normalized spacial score (nSPS) is 31.1.